The summed E-state index contributed by atoms with van der Waals surface area (Å²) in [5.41, 5.74) is -0.355. The Morgan fingerprint density at radius 1 is 1.35 bits per heavy atom. The molecule has 2 atom stereocenters. The number of fused-ring (bicyclic) bond motifs is 2. The van der Waals surface area contributed by atoms with Crippen molar-refractivity contribution in [3.63, 3.8) is 0 Å². The molecule has 4 nitrogen and oxygen atoms in total. The van der Waals surface area contributed by atoms with Crippen molar-refractivity contribution in [3.8, 4) is 12.3 Å². The smallest absolute Gasteiger partial charge is 0.324 e. The Labute approximate surface area is 118 Å². The third-order valence-electron chi connectivity index (χ3n) is 4.08. The lowest BCUT2D eigenvalue weighted by Gasteiger charge is -2.28. The second kappa shape index (κ2) is 5.54. The minimum atomic E-state index is -1.43. The molecule has 0 aromatic heterocycles. The van der Waals surface area contributed by atoms with Crippen LogP contribution in [0, 0.1) is 29.6 Å². The number of allylic oxidation sites excluding steroid dienone is 4. The van der Waals surface area contributed by atoms with Crippen molar-refractivity contribution in [2.45, 2.75) is 19.3 Å². The molecule has 0 aliphatic heterocycles. The molecule has 2 rings (SSSR count). The molecule has 0 unspecified atom stereocenters. The fraction of sp³-hybridized carbons (Fsp3) is 0.500. The van der Waals surface area contributed by atoms with E-state index in [0.29, 0.717) is 11.8 Å². The monoisotopic (exact) mass is 274 g/mol. The van der Waals surface area contributed by atoms with Gasteiger partial charge in [0, 0.05) is 6.42 Å². The number of esters is 2. The number of carbonyl (C=O) groups excluding carboxylic acids is 2. The van der Waals surface area contributed by atoms with E-state index in [2.05, 4.69) is 24.1 Å². The fourth-order valence-electron chi connectivity index (χ4n) is 3.06. The van der Waals surface area contributed by atoms with E-state index in [9.17, 15) is 9.59 Å². The largest absolute Gasteiger partial charge is 0.468 e. The highest BCUT2D eigenvalue weighted by molar-refractivity contribution is 6.00. The molecule has 106 valence electrons. The van der Waals surface area contributed by atoms with E-state index in [1.807, 2.05) is 0 Å². The van der Waals surface area contributed by atoms with Crippen molar-refractivity contribution in [2.75, 3.05) is 14.2 Å². The van der Waals surface area contributed by atoms with Crippen LogP contribution in [0.4, 0.5) is 0 Å². The van der Waals surface area contributed by atoms with Gasteiger partial charge >= 0.3 is 11.9 Å². The number of rotatable bonds is 5. The Balaban J connectivity index is 2.31. The highest BCUT2D eigenvalue weighted by Gasteiger charge is 2.49. The second-order valence-electron chi connectivity index (χ2n) is 5.26. The van der Waals surface area contributed by atoms with Crippen molar-refractivity contribution in [2.24, 2.45) is 17.3 Å². The maximum atomic E-state index is 12.2. The van der Waals surface area contributed by atoms with Gasteiger partial charge in [-0.2, -0.15) is 0 Å². The molecule has 0 saturated heterocycles. The van der Waals surface area contributed by atoms with Crippen molar-refractivity contribution < 1.29 is 19.1 Å². The van der Waals surface area contributed by atoms with Crippen LogP contribution >= 0.6 is 0 Å². The molecule has 4 heteroatoms. The summed E-state index contributed by atoms with van der Waals surface area (Å²) in [6.45, 7) is 0. The normalized spacial score (nSPS) is 23.1. The highest BCUT2D eigenvalue weighted by Crippen LogP contribution is 2.45. The quantitative estimate of drug-likeness (QED) is 0.332. The van der Waals surface area contributed by atoms with Crippen LogP contribution in [0.25, 0.3) is 0 Å². The van der Waals surface area contributed by atoms with Crippen molar-refractivity contribution in [3.05, 3.63) is 23.8 Å². The van der Waals surface area contributed by atoms with Gasteiger partial charge in [0.2, 0.25) is 0 Å². The van der Waals surface area contributed by atoms with Gasteiger partial charge in [-0.15, -0.1) is 12.3 Å². The van der Waals surface area contributed by atoms with Gasteiger partial charge in [-0.25, -0.2) is 0 Å². The number of carbonyl (C=O) groups is 2. The Bertz CT molecular complexity index is 505. The van der Waals surface area contributed by atoms with Gasteiger partial charge in [-0.3, -0.25) is 9.59 Å². The number of hydrogen-bond acceptors (Lipinski definition) is 4. The predicted molar refractivity (Wildman–Crippen MR) is 73.4 cm³/mol. The summed E-state index contributed by atoms with van der Waals surface area (Å²) in [5.74, 6) is 1.86. The number of ether oxygens (including phenoxy) is 2. The van der Waals surface area contributed by atoms with Crippen LogP contribution in [0.5, 0.6) is 0 Å². The standard InChI is InChI=1S/C16H18O4/c1-4-7-16(14(17)19-2,15(18)20-3)10-13-9-11-5-6-12(13)8-11/h1,5-6,9,11-12H,7-8,10H2,2-3H3/t11-,12+/m0/s1. The Morgan fingerprint density at radius 2 is 2.00 bits per heavy atom. The average Bonchev–Trinajstić information content (AvgIpc) is 3.07. The first-order chi connectivity index (χ1) is 9.57. The minimum absolute atomic E-state index is 0.0230. The fourth-order valence-corrected chi connectivity index (χ4v) is 3.06. The van der Waals surface area contributed by atoms with Crippen LogP contribution in [0.15, 0.2) is 23.8 Å². The molecule has 2 aliphatic rings. The second-order valence-corrected chi connectivity index (χ2v) is 5.26. The van der Waals surface area contributed by atoms with Gasteiger partial charge in [0.1, 0.15) is 0 Å². The van der Waals surface area contributed by atoms with E-state index >= 15 is 0 Å². The molecular weight excluding hydrogens is 256 g/mol. The zero-order valence-corrected chi connectivity index (χ0v) is 11.7. The lowest BCUT2D eigenvalue weighted by Crippen LogP contribution is -2.41. The minimum Gasteiger partial charge on any atom is -0.468 e. The molecule has 0 aromatic rings. The summed E-state index contributed by atoms with van der Waals surface area (Å²) in [4.78, 5) is 24.3. The van der Waals surface area contributed by atoms with Crippen LogP contribution in [0.1, 0.15) is 19.3 Å². The maximum absolute atomic E-state index is 12.2. The summed E-state index contributed by atoms with van der Waals surface area (Å²) in [5, 5.41) is 0. The molecule has 20 heavy (non-hydrogen) atoms. The van der Waals surface area contributed by atoms with E-state index in [1.54, 1.807) is 0 Å². The molecule has 0 heterocycles. The summed E-state index contributed by atoms with van der Waals surface area (Å²) >= 11 is 0. The van der Waals surface area contributed by atoms with E-state index < -0.39 is 17.4 Å². The number of methoxy groups -OCH3 is 2. The summed E-state index contributed by atoms with van der Waals surface area (Å²) in [7, 11) is 2.51. The Hall–Kier alpha value is -2.02. The molecule has 0 amide bonds. The van der Waals surface area contributed by atoms with Crippen molar-refractivity contribution >= 4 is 11.9 Å². The van der Waals surface area contributed by atoms with Gasteiger partial charge in [-0.05, 0) is 24.7 Å². The molecule has 0 N–H and O–H groups in total. The summed E-state index contributed by atoms with van der Waals surface area (Å²) in [6, 6.07) is 0. The molecular formula is C16H18O4. The first-order valence-corrected chi connectivity index (χ1v) is 6.56. The SMILES string of the molecule is C#CCC(CC1=C[C@H]2C=C[C@@H]1C2)(C(=O)OC)C(=O)OC. The topological polar surface area (TPSA) is 52.6 Å². The third-order valence-corrected chi connectivity index (χ3v) is 4.08. The summed E-state index contributed by atoms with van der Waals surface area (Å²) < 4.78 is 9.60. The van der Waals surface area contributed by atoms with Gasteiger partial charge in [-0.1, -0.05) is 23.8 Å². The molecule has 0 saturated carbocycles. The maximum Gasteiger partial charge on any atom is 0.324 e. The average molecular weight is 274 g/mol. The molecule has 0 radical (unpaired) electrons. The van der Waals surface area contributed by atoms with E-state index in [-0.39, 0.29) is 12.8 Å². The van der Waals surface area contributed by atoms with Crippen LogP contribution in [0.2, 0.25) is 0 Å². The molecule has 0 spiro atoms. The lowest BCUT2D eigenvalue weighted by atomic mass is 9.76. The van der Waals surface area contributed by atoms with E-state index in [0.717, 1.165) is 12.0 Å². The van der Waals surface area contributed by atoms with E-state index in [1.165, 1.54) is 14.2 Å². The van der Waals surface area contributed by atoms with Crippen LogP contribution in [-0.2, 0) is 19.1 Å². The van der Waals surface area contributed by atoms with Crippen molar-refractivity contribution in [1.29, 1.82) is 0 Å². The van der Waals surface area contributed by atoms with Gasteiger partial charge < -0.3 is 9.47 Å². The van der Waals surface area contributed by atoms with Crippen molar-refractivity contribution in [1.82, 2.24) is 0 Å². The molecule has 0 aromatic carbocycles. The van der Waals surface area contributed by atoms with Crippen LogP contribution < -0.4 is 0 Å². The Kier molecular flexibility index (Phi) is 3.99. The van der Waals surface area contributed by atoms with Gasteiger partial charge in [0.15, 0.2) is 5.41 Å². The first kappa shape index (κ1) is 14.4. The number of terminal acetylenes is 1. The zero-order chi connectivity index (χ0) is 14.8. The predicted octanol–water partition coefficient (Wildman–Crippen LogP) is 1.86. The van der Waals surface area contributed by atoms with Gasteiger partial charge in [0.25, 0.3) is 0 Å². The summed E-state index contributed by atoms with van der Waals surface area (Å²) in [6.07, 6.45) is 13.0. The number of hydrogen-bond donors (Lipinski definition) is 0. The van der Waals surface area contributed by atoms with Crippen LogP contribution in [0.3, 0.4) is 0 Å². The first-order valence-electron chi connectivity index (χ1n) is 6.56. The van der Waals surface area contributed by atoms with Crippen LogP contribution in [-0.4, -0.2) is 26.2 Å². The molecule has 2 aliphatic carbocycles. The van der Waals surface area contributed by atoms with Gasteiger partial charge in [0.05, 0.1) is 14.2 Å². The lowest BCUT2D eigenvalue weighted by molar-refractivity contribution is -0.168. The van der Waals surface area contributed by atoms with E-state index in [4.69, 9.17) is 15.9 Å². The Morgan fingerprint density at radius 3 is 2.40 bits per heavy atom. The molecule has 0 fully saturated rings. The highest BCUT2D eigenvalue weighted by atomic mass is 16.5. The third kappa shape index (κ3) is 2.24. The molecule has 2 bridgehead atoms. The zero-order valence-electron chi connectivity index (χ0n) is 11.7.